The largest absolute Gasteiger partial charge is 0.459 e. The third kappa shape index (κ3) is 4.34. The Labute approximate surface area is 198 Å². The lowest BCUT2D eigenvalue weighted by Crippen LogP contribution is -2.58. The van der Waals surface area contributed by atoms with E-state index < -0.39 is 35.0 Å². The molecule has 3 heterocycles. The van der Waals surface area contributed by atoms with E-state index in [1.807, 2.05) is 70.3 Å². The highest BCUT2D eigenvalue weighted by Crippen LogP contribution is 2.52. The first kappa shape index (κ1) is 23.6. The molecule has 1 aromatic heterocycles. The van der Waals surface area contributed by atoms with Gasteiger partial charge in [0.25, 0.3) is 0 Å². The zero-order valence-corrected chi connectivity index (χ0v) is 20.5. The van der Waals surface area contributed by atoms with Crippen molar-refractivity contribution >= 4 is 29.1 Å². The molecule has 2 aliphatic rings. The Balaban J connectivity index is 1.80. The SMILES string of the molecule is CC(C)C[C@]1(C(=O)OC(C)(C)C)N[C@@H](c2nccs2)[C@H]2C(=O)N(Cc3ccccc3)C(=O)C21. The second-order valence-corrected chi connectivity index (χ2v) is 11.2. The van der Waals surface area contributed by atoms with E-state index in [4.69, 9.17) is 4.74 Å². The fourth-order valence-electron chi connectivity index (χ4n) is 5.06. The number of carbonyl (C=O) groups is 3. The molecule has 0 saturated carbocycles. The number of benzene rings is 1. The summed E-state index contributed by atoms with van der Waals surface area (Å²) < 4.78 is 5.84. The van der Waals surface area contributed by atoms with Crippen molar-refractivity contribution in [2.24, 2.45) is 17.8 Å². The Morgan fingerprint density at radius 2 is 1.91 bits per heavy atom. The van der Waals surface area contributed by atoms with Gasteiger partial charge >= 0.3 is 5.97 Å². The van der Waals surface area contributed by atoms with Crippen LogP contribution in [0.3, 0.4) is 0 Å². The van der Waals surface area contributed by atoms with E-state index in [2.05, 4.69) is 10.3 Å². The molecule has 2 fully saturated rings. The van der Waals surface area contributed by atoms with Crippen molar-refractivity contribution in [3.05, 3.63) is 52.5 Å². The van der Waals surface area contributed by atoms with Gasteiger partial charge in [0.05, 0.1) is 24.4 Å². The molecule has 0 radical (unpaired) electrons. The molecule has 0 aliphatic carbocycles. The minimum Gasteiger partial charge on any atom is -0.459 e. The molecule has 2 amide bonds. The summed E-state index contributed by atoms with van der Waals surface area (Å²) in [4.78, 5) is 47.0. The molecule has 2 aromatic rings. The molecule has 2 aliphatic heterocycles. The molecule has 0 bridgehead atoms. The van der Waals surface area contributed by atoms with Gasteiger partial charge in [-0.25, -0.2) is 4.98 Å². The van der Waals surface area contributed by atoms with Crippen LogP contribution < -0.4 is 5.32 Å². The highest BCUT2D eigenvalue weighted by Gasteiger charge is 2.69. The summed E-state index contributed by atoms with van der Waals surface area (Å²) in [5, 5.41) is 5.95. The number of likely N-dealkylation sites (tertiary alicyclic amines) is 1. The first-order chi connectivity index (χ1) is 15.5. The average molecular weight is 470 g/mol. The quantitative estimate of drug-likeness (QED) is 0.512. The fraction of sp³-hybridized carbons (Fsp3) is 0.520. The first-order valence-corrected chi connectivity index (χ1v) is 12.2. The van der Waals surface area contributed by atoms with Crippen molar-refractivity contribution in [1.29, 1.82) is 0 Å². The van der Waals surface area contributed by atoms with E-state index in [0.29, 0.717) is 11.4 Å². The molecule has 8 heteroatoms. The predicted molar refractivity (Wildman–Crippen MR) is 125 cm³/mol. The Bertz CT molecular complexity index is 1030. The molecule has 4 atom stereocenters. The van der Waals surface area contributed by atoms with Crippen LogP contribution in [0.4, 0.5) is 0 Å². The maximum Gasteiger partial charge on any atom is 0.327 e. The van der Waals surface area contributed by atoms with Gasteiger partial charge in [-0.15, -0.1) is 11.3 Å². The molecule has 176 valence electrons. The number of aromatic nitrogens is 1. The molecule has 33 heavy (non-hydrogen) atoms. The monoisotopic (exact) mass is 469 g/mol. The number of rotatable bonds is 6. The zero-order chi connectivity index (χ0) is 24.0. The van der Waals surface area contributed by atoms with E-state index in [-0.39, 0.29) is 24.3 Å². The number of fused-ring (bicyclic) bond motifs is 1. The highest BCUT2D eigenvalue weighted by atomic mass is 32.1. The number of nitrogens with zero attached hydrogens (tertiary/aromatic N) is 2. The lowest BCUT2D eigenvalue weighted by molar-refractivity contribution is -0.168. The van der Waals surface area contributed by atoms with E-state index in [9.17, 15) is 14.4 Å². The molecular formula is C25H31N3O4S. The summed E-state index contributed by atoms with van der Waals surface area (Å²) in [7, 11) is 0. The maximum absolute atomic E-state index is 13.8. The number of thiazole rings is 1. The fourth-order valence-corrected chi connectivity index (χ4v) is 5.79. The van der Waals surface area contributed by atoms with E-state index in [1.54, 1.807) is 6.20 Å². The van der Waals surface area contributed by atoms with Gasteiger partial charge in [-0.3, -0.25) is 24.6 Å². The van der Waals surface area contributed by atoms with Crippen LogP contribution in [0, 0.1) is 17.8 Å². The summed E-state index contributed by atoms with van der Waals surface area (Å²) in [6.07, 6.45) is 2.05. The second-order valence-electron chi connectivity index (χ2n) is 10.3. The molecule has 1 aromatic carbocycles. The predicted octanol–water partition coefficient (Wildman–Crippen LogP) is 3.72. The molecule has 0 spiro atoms. The minimum atomic E-state index is -1.30. The van der Waals surface area contributed by atoms with E-state index in [1.165, 1.54) is 16.2 Å². The number of imide groups is 1. The Morgan fingerprint density at radius 1 is 1.21 bits per heavy atom. The standard InChI is InChI=1S/C25H31N3O4S/c1-15(2)13-25(23(31)32-24(3,4)5)18-17(19(27-25)20-26-11-12-33-20)21(29)28(22(18)30)14-16-9-7-6-8-10-16/h6-12,15,17-19,27H,13-14H2,1-5H3/t17-,18?,19+,25-/m0/s1. The van der Waals surface area contributed by atoms with Crippen LogP contribution in [0.1, 0.15) is 57.7 Å². The summed E-state index contributed by atoms with van der Waals surface area (Å²) in [5.74, 6) is -2.55. The Kier molecular flexibility index (Phi) is 6.18. The minimum absolute atomic E-state index is 0.0896. The first-order valence-electron chi connectivity index (χ1n) is 11.3. The van der Waals surface area contributed by atoms with Crippen LogP contribution in [0.5, 0.6) is 0 Å². The second kappa shape index (κ2) is 8.65. The molecule has 7 nitrogen and oxygen atoms in total. The topological polar surface area (TPSA) is 88.6 Å². The molecular weight excluding hydrogens is 438 g/mol. The van der Waals surface area contributed by atoms with Gasteiger partial charge in [0, 0.05) is 11.6 Å². The highest BCUT2D eigenvalue weighted by molar-refractivity contribution is 7.09. The summed E-state index contributed by atoms with van der Waals surface area (Å²) >= 11 is 1.41. The van der Waals surface area contributed by atoms with E-state index in [0.717, 1.165) is 5.56 Å². The number of esters is 1. The van der Waals surface area contributed by atoms with Gasteiger partial charge in [0.2, 0.25) is 11.8 Å². The zero-order valence-electron chi connectivity index (χ0n) is 19.7. The summed E-state index contributed by atoms with van der Waals surface area (Å²) in [5.41, 5.74) is -1.17. The van der Waals surface area contributed by atoms with Gasteiger partial charge in [0.1, 0.15) is 16.1 Å². The van der Waals surface area contributed by atoms with Gasteiger partial charge < -0.3 is 4.74 Å². The number of amides is 2. The summed E-state index contributed by atoms with van der Waals surface area (Å²) in [6.45, 7) is 9.61. The maximum atomic E-state index is 13.8. The lowest BCUT2D eigenvalue weighted by atomic mass is 9.75. The molecule has 1 N–H and O–H groups in total. The Morgan fingerprint density at radius 3 is 2.48 bits per heavy atom. The smallest absolute Gasteiger partial charge is 0.327 e. The lowest BCUT2D eigenvalue weighted by Gasteiger charge is -2.36. The van der Waals surface area contributed by atoms with Crippen LogP contribution in [0.2, 0.25) is 0 Å². The molecule has 2 saturated heterocycles. The van der Waals surface area contributed by atoms with Crippen LogP contribution in [-0.4, -0.2) is 38.8 Å². The van der Waals surface area contributed by atoms with Gasteiger partial charge in [-0.1, -0.05) is 44.2 Å². The Hall–Kier alpha value is -2.58. The van der Waals surface area contributed by atoms with Crippen molar-refractivity contribution in [2.45, 2.75) is 64.8 Å². The van der Waals surface area contributed by atoms with Crippen LogP contribution in [0.25, 0.3) is 0 Å². The van der Waals surface area contributed by atoms with Crippen LogP contribution in [0.15, 0.2) is 41.9 Å². The van der Waals surface area contributed by atoms with Crippen molar-refractivity contribution < 1.29 is 19.1 Å². The van der Waals surface area contributed by atoms with Crippen molar-refractivity contribution in [1.82, 2.24) is 15.2 Å². The van der Waals surface area contributed by atoms with Gasteiger partial charge in [-0.2, -0.15) is 0 Å². The van der Waals surface area contributed by atoms with Gasteiger partial charge in [-0.05, 0) is 38.7 Å². The number of carbonyl (C=O) groups excluding carboxylic acids is 3. The third-order valence-electron chi connectivity index (χ3n) is 6.14. The third-order valence-corrected chi connectivity index (χ3v) is 7.00. The number of hydrogen-bond acceptors (Lipinski definition) is 7. The van der Waals surface area contributed by atoms with Crippen molar-refractivity contribution in [3.8, 4) is 0 Å². The average Bonchev–Trinajstić information content (AvgIpc) is 3.42. The number of ether oxygens (including phenoxy) is 1. The van der Waals surface area contributed by atoms with E-state index >= 15 is 0 Å². The molecule has 4 rings (SSSR count). The summed E-state index contributed by atoms with van der Waals surface area (Å²) in [6, 6.07) is 8.90. The number of nitrogens with one attached hydrogen (secondary N) is 1. The van der Waals surface area contributed by atoms with Crippen LogP contribution >= 0.6 is 11.3 Å². The van der Waals surface area contributed by atoms with Crippen molar-refractivity contribution in [3.63, 3.8) is 0 Å². The number of hydrogen-bond donors (Lipinski definition) is 1. The van der Waals surface area contributed by atoms with Gasteiger partial charge in [0.15, 0.2) is 0 Å². The van der Waals surface area contributed by atoms with Crippen molar-refractivity contribution in [2.75, 3.05) is 0 Å². The van der Waals surface area contributed by atoms with Crippen LogP contribution in [-0.2, 0) is 25.7 Å². The normalized spacial score (nSPS) is 27.3. The molecule has 1 unspecified atom stereocenters.